The molecular formula is C18H19N3O4. The average molecular weight is 341 g/mol. The number of esters is 1. The molecule has 25 heavy (non-hydrogen) atoms. The highest BCUT2D eigenvalue weighted by Gasteiger charge is 2.27. The lowest BCUT2D eigenvalue weighted by Gasteiger charge is -2.14. The second kappa shape index (κ2) is 6.88. The minimum absolute atomic E-state index is 0.145. The molecule has 7 nitrogen and oxygen atoms in total. The van der Waals surface area contributed by atoms with Crippen molar-refractivity contribution in [1.82, 2.24) is 15.2 Å². The van der Waals surface area contributed by atoms with Gasteiger partial charge in [0.25, 0.3) is 5.91 Å². The van der Waals surface area contributed by atoms with E-state index < -0.39 is 24.5 Å². The van der Waals surface area contributed by atoms with E-state index in [1.54, 1.807) is 12.1 Å². The van der Waals surface area contributed by atoms with Crippen LogP contribution in [0.25, 0.3) is 10.9 Å². The van der Waals surface area contributed by atoms with Crippen LogP contribution in [0.2, 0.25) is 0 Å². The molecule has 3 rings (SSSR count). The number of nitrogens with zero attached hydrogens (tertiary/aromatic N) is 2. The number of rotatable bonds is 4. The van der Waals surface area contributed by atoms with E-state index in [1.807, 2.05) is 32.0 Å². The molecule has 0 unspecified atom stereocenters. The maximum atomic E-state index is 12.5. The van der Waals surface area contributed by atoms with E-state index in [0.717, 1.165) is 10.6 Å². The third-order valence-corrected chi connectivity index (χ3v) is 4.03. The number of nitrogens with one attached hydrogen (secondary N) is 1. The normalized spacial score (nSPS) is 14.0. The number of ether oxygens (including phenoxy) is 1. The maximum Gasteiger partial charge on any atom is 0.339 e. The molecule has 2 aromatic rings. The molecule has 0 aliphatic carbocycles. The van der Waals surface area contributed by atoms with Crippen LogP contribution in [-0.2, 0) is 9.53 Å². The number of benzene rings is 1. The summed E-state index contributed by atoms with van der Waals surface area (Å²) >= 11 is 0. The van der Waals surface area contributed by atoms with Gasteiger partial charge in [0.1, 0.15) is 0 Å². The van der Waals surface area contributed by atoms with Crippen molar-refractivity contribution < 1.29 is 19.1 Å². The van der Waals surface area contributed by atoms with Gasteiger partial charge in [0.05, 0.1) is 11.1 Å². The zero-order valence-electron chi connectivity index (χ0n) is 14.1. The van der Waals surface area contributed by atoms with E-state index >= 15 is 0 Å². The molecule has 0 spiro atoms. The van der Waals surface area contributed by atoms with Crippen LogP contribution in [-0.4, -0.2) is 47.5 Å². The van der Waals surface area contributed by atoms with Crippen molar-refractivity contribution in [3.8, 4) is 0 Å². The Kier molecular flexibility index (Phi) is 4.65. The van der Waals surface area contributed by atoms with Crippen LogP contribution in [0.15, 0.2) is 30.3 Å². The van der Waals surface area contributed by atoms with Crippen molar-refractivity contribution in [3.63, 3.8) is 0 Å². The lowest BCUT2D eigenvalue weighted by atomic mass is 10.0. The Balaban J connectivity index is 1.81. The number of amides is 3. The lowest BCUT2D eigenvalue weighted by molar-refractivity contribution is -0.130. The van der Waals surface area contributed by atoms with Gasteiger partial charge in [-0.25, -0.2) is 9.59 Å². The first-order valence-corrected chi connectivity index (χ1v) is 8.12. The molecule has 1 fully saturated rings. The van der Waals surface area contributed by atoms with Crippen molar-refractivity contribution in [1.29, 1.82) is 0 Å². The number of pyridine rings is 1. The number of hydrogen-bond acceptors (Lipinski definition) is 5. The van der Waals surface area contributed by atoms with Crippen LogP contribution in [0.1, 0.15) is 35.8 Å². The molecule has 0 atom stereocenters. The summed E-state index contributed by atoms with van der Waals surface area (Å²) in [6.07, 6.45) is 0. The monoisotopic (exact) mass is 341 g/mol. The van der Waals surface area contributed by atoms with Crippen LogP contribution >= 0.6 is 0 Å². The fraction of sp³-hybridized carbons (Fsp3) is 0.333. The Labute approximate surface area is 145 Å². The first-order valence-electron chi connectivity index (χ1n) is 8.12. The molecule has 2 heterocycles. The minimum Gasteiger partial charge on any atom is -0.452 e. The van der Waals surface area contributed by atoms with E-state index in [-0.39, 0.29) is 12.5 Å². The molecule has 1 aliphatic heterocycles. The maximum absolute atomic E-state index is 12.5. The van der Waals surface area contributed by atoms with E-state index in [9.17, 15) is 14.4 Å². The Morgan fingerprint density at radius 1 is 1.32 bits per heavy atom. The molecular weight excluding hydrogens is 322 g/mol. The number of hydrogen-bond donors (Lipinski definition) is 1. The Morgan fingerprint density at radius 3 is 2.76 bits per heavy atom. The standard InChI is InChI=1S/C18H19N3O4/c1-11(2)15-9-13(12-5-3-4-6-14(12)20-15)17(23)25-10-16(22)21-8-7-19-18(21)24/h3-6,9,11H,7-8,10H2,1-2H3,(H,19,24). The quantitative estimate of drug-likeness (QED) is 0.860. The number of aromatic nitrogens is 1. The second-order valence-electron chi connectivity index (χ2n) is 6.12. The third-order valence-electron chi connectivity index (χ3n) is 4.03. The highest BCUT2D eigenvalue weighted by molar-refractivity contribution is 6.04. The SMILES string of the molecule is CC(C)c1cc(C(=O)OCC(=O)N2CCNC2=O)c2ccccc2n1. The third kappa shape index (κ3) is 3.45. The summed E-state index contributed by atoms with van der Waals surface area (Å²) in [5.41, 5.74) is 1.84. The zero-order valence-corrected chi connectivity index (χ0v) is 14.1. The van der Waals surface area contributed by atoms with E-state index in [0.29, 0.717) is 23.0 Å². The highest BCUT2D eigenvalue weighted by atomic mass is 16.5. The van der Waals surface area contributed by atoms with Gasteiger partial charge in [-0.1, -0.05) is 32.0 Å². The number of para-hydroxylation sites is 1. The molecule has 0 radical (unpaired) electrons. The smallest absolute Gasteiger partial charge is 0.339 e. The number of imide groups is 1. The van der Waals surface area contributed by atoms with Crippen molar-refractivity contribution in [2.45, 2.75) is 19.8 Å². The summed E-state index contributed by atoms with van der Waals surface area (Å²) in [5, 5.41) is 3.20. The highest BCUT2D eigenvalue weighted by Crippen LogP contribution is 2.23. The largest absolute Gasteiger partial charge is 0.452 e. The first kappa shape index (κ1) is 16.9. The van der Waals surface area contributed by atoms with E-state index in [4.69, 9.17) is 4.74 Å². The van der Waals surface area contributed by atoms with Gasteiger partial charge in [-0.05, 0) is 18.1 Å². The van der Waals surface area contributed by atoms with Gasteiger partial charge in [-0.2, -0.15) is 0 Å². The predicted octanol–water partition coefficient (Wildman–Crippen LogP) is 2.07. The van der Waals surface area contributed by atoms with E-state index in [1.165, 1.54) is 0 Å². The van der Waals surface area contributed by atoms with Crippen molar-refractivity contribution in [2.24, 2.45) is 0 Å². The first-order chi connectivity index (χ1) is 12.0. The molecule has 7 heteroatoms. The summed E-state index contributed by atoms with van der Waals surface area (Å²) in [7, 11) is 0. The number of urea groups is 1. The van der Waals surface area contributed by atoms with Gasteiger partial charge < -0.3 is 10.1 Å². The van der Waals surface area contributed by atoms with Gasteiger partial charge in [0.2, 0.25) is 0 Å². The van der Waals surface area contributed by atoms with Crippen LogP contribution in [0.5, 0.6) is 0 Å². The van der Waals surface area contributed by atoms with Gasteiger partial charge in [-0.15, -0.1) is 0 Å². The number of fused-ring (bicyclic) bond motifs is 1. The topological polar surface area (TPSA) is 88.6 Å². The summed E-state index contributed by atoms with van der Waals surface area (Å²) in [4.78, 5) is 41.6. The van der Waals surface area contributed by atoms with Gasteiger partial charge in [0, 0.05) is 24.2 Å². The summed E-state index contributed by atoms with van der Waals surface area (Å²) in [6.45, 7) is 4.19. The summed E-state index contributed by atoms with van der Waals surface area (Å²) < 4.78 is 5.16. The molecule has 0 bridgehead atoms. The van der Waals surface area contributed by atoms with Crippen LogP contribution in [0.3, 0.4) is 0 Å². The molecule has 1 aromatic carbocycles. The zero-order chi connectivity index (χ0) is 18.0. The predicted molar refractivity (Wildman–Crippen MR) is 91.2 cm³/mol. The average Bonchev–Trinajstić information content (AvgIpc) is 3.04. The fourth-order valence-corrected chi connectivity index (χ4v) is 2.65. The Bertz CT molecular complexity index is 847. The van der Waals surface area contributed by atoms with Gasteiger partial charge >= 0.3 is 12.0 Å². The molecule has 1 aromatic heterocycles. The van der Waals surface area contributed by atoms with Crippen LogP contribution in [0, 0.1) is 0 Å². The molecule has 1 saturated heterocycles. The van der Waals surface area contributed by atoms with E-state index in [2.05, 4.69) is 10.3 Å². The minimum atomic E-state index is -0.603. The second-order valence-corrected chi connectivity index (χ2v) is 6.12. The Morgan fingerprint density at radius 2 is 2.08 bits per heavy atom. The molecule has 0 saturated carbocycles. The van der Waals surface area contributed by atoms with Crippen LogP contribution in [0.4, 0.5) is 4.79 Å². The Hall–Kier alpha value is -2.96. The summed E-state index contributed by atoms with van der Waals surface area (Å²) in [5.74, 6) is -0.995. The lowest BCUT2D eigenvalue weighted by Crippen LogP contribution is -2.37. The van der Waals surface area contributed by atoms with Gasteiger partial charge in [-0.3, -0.25) is 14.7 Å². The number of carbonyl (C=O) groups is 3. The van der Waals surface area contributed by atoms with Crippen LogP contribution < -0.4 is 5.32 Å². The molecule has 3 amide bonds. The van der Waals surface area contributed by atoms with Crippen molar-refractivity contribution in [2.75, 3.05) is 19.7 Å². The molecule has 130 valence electrons. The molecule has 1 aliphatic rings. The summed E-state index contributed by atoms with van der Waals surface area (Å²) in [6, 6.07) is 8.52. The van der Waals surface area contributed by atoms with Crippen molar-refractivity contribution in [3.05, 3.63) is 41.6 Å². The molecule has 1 N–H and O–H groups in total. The van der Waals surface area contributed by atoms with Gasteiger partial charge in [0.15, 0.2) is 6.61 Å². The number of carbonyl (C=O) groups excluding carboxylic acids is 3. The fourth-order valence-electron chi connectivity index (χ4n) is 2.65. The van der Waals surface area contributed by atoms with Crippen molar-refractivity contribution >= 4 is 28.8 Å².